The maximum absolute atomic E-state index is 4.01. The molecule has 2 unspecified atom stereocenters. The van der Waals surface area contributed by atoms with Gasteiger partial charge in [-0.05, 0) is 30.9 Å². The molecule has 2 N–H and O–H groups in total. The summed E-state index contributed by atoms with van der Waals surface area (Å²) < 4.78 is 0. The minimum atomic E-state index is 0. The molecule has 2 nitrogen and oxygen atoms in total. The van der Waals surface area contributed by atoms with Gasteiger partial charge >= 0.3 is 21.1 Å². The van der Waals surface area contributed by atoms with Crippen molar-refractivity contribution in [3.05, 3.63) is 42.4 Å². The number of aromatic amines is 1. The zero-order chi connectivity index (χ0) is 11.8. The molecule has 2 heterocycles. The van der Waals surface area contributed by atoms with E-state index >= 15 is 0 Å². The minimum absolute atomic E-state index is 0. The fourth-order valence-electron chi connectivity index (χ4n) is 2.84. The topological polar surface area (TPSA) is 27.8 Å². The summed E-state index contributed by atoms with van der Waals surface area (Å²) in [5.41, 5.74) is 3.72. The molecule has 0 radical (unpaired) electrons. The number of fused-ring (bicyclic) bond motifs is 1. The van der Waals surface area contributed by atoms with Crippen molar-refractivity contribution in [1.29, 1.82) is 0 Å². The molecule has 3 rings (SSSR count). The zero-order valence-electron chi connectivity index (χ0n) is 10.7. The molecule has 1 aromatic carbocycles. The minimum Gasteiger partial charge on any atom is -0.363 e. The molecule has 18 heavy (non-hydrogen) atoms. The van der Waals surface area contributed by atoms with E-state index in [-0.39, 0.29) is 21.1 Å². The van der Waals surface area contributed by atoms with Crippen molar-refractivity contribution in [2.24, 2.45) is 5.92 Å². The average Bonchev–Trinajstić information content (AvgIpc) is 2.87. The molecule has 0 spiro atoms. The van der Waals surface area contributed by atoms with Crippen LogP contribution in [0.1, 0.15) is 24.5 Å². The Balaban J connectivity index is 0.00000120. The molecule has 1 aromatic heterocycles. The number of H-pyrrole nitrogens is 1. The second-order valence-electron chi connectivity index (χ2n) is 5.34. The van der Waals surface area contributed by atoms with E-state index in [0.717, 1.165) is 24.4 Å². The van der Waals surface area contributed by atoms with Crippen LogP contribution in [-0.4, -0.2) is 17.6 Å². The predicted octanol–water partition coefficient (Wildman–Crippen LogP) is 2.89. The Morgan fingerprint density at radius 2 is 2.22 bits per heavy atom. The number of nitrogens with one attached hydrogen (secondary N) is 2. The molecule has 1 fully saturated rings. The summed E-state index contributed by atoms with van der Waals surface area (Å²) in [7, 11) is 0. The Hall–Kier alpha value is -0.722. The Bertz CT molecular complexity index is 532. The van der Waals surface area contributed by atoms with Crippen LogP contribution >= 0.6 is 0 Å². The van der Waals surface area contributed by atoms with E-state index in [1.54, 1.807) is 0 Å². The van der Waals surface area contributed by atoms with E-state index in [2.05, 4.69) is 48.5 Å². The molecule has 2 atom stereocenters. The van der Waals surface area contributed by atoms with E-state index in [0.29, 0.717) is 6.04 Å². The van der Waals surface area contributed by atoms with E-state index < -0.39 is 0 Å². The van der Waals surface area contributed by atoms with Crippen molar-refractivity contribution in [3.63, 3.8) is 0 Å². The fourth-order valence-corrected chi connectivity index (χ4v) is 2.84. The second-order valence-corrected chi connectivity index (χ2v) is 5.34. The molecule has 0 bridgehead atoms. The number of aromatic nitrogens is 1. The van der Waals surface area contributed by atoms with Crippen molar-refractivity contribution >= 4 is 10.9 Å². The first-order valence-electron chi connectivity index (χ1n) is 6.38. The van der Waals surface area contributed by atoms with Crippen molar-refractivity contribution in [2.75, 3.05) is 6.54 Å². The van der Waals surface area contributed by atoms with Crippen LogP contribution in [0.3, 0.4) is 0 Å². The second kappa shape index (κ2) is 5.50. The van der Waals surface area contributed by atoms with Crippen LogP contribution in [0.15, 0.2) is 24.4 Å². The maximum Gasteiger partial charge on any atom is 2.00 e. The molecule has 3 heteroatoms. The average molecular weight is 411 g/mol. The van der Waals surface area contributed by atoms with Gasteiger partial charge in [0.2, 0.25) is 0 Å². The molecule has 1 aliphatic heterocycles. The first-order valence-corrected chi connectivity index (χ1v) is 6.38. The predicted molar refractivity (Wildman–Crippen MR) is 72.0 cm³/mol. The molecule has 1 saturated heterocycles. The molecular formula is C15H19N2W+. The van der Waals surface area contributed by atoms with Crippen molar-refractivity contribution < 1.29 is 21.1 Å². The maximum atomic E-state index is 4.01. The van der Waals surface area contributed by atoms with Gasteiger partial charge in [-0.3, -0.25) is 0 Å². The Morgan fingerprint density at radius 1 is 1.39 bits per heavy atom. The van der Waals surface area contributed by atoms with Crippen LogP contribution in [0, 0.1) is 12.8 Å². The van der Waals surface area contributed by atoms with Crippen LogP contribution in [0.2, 0.25) is 0 Å². The van der Waals surface area contributed by atoms with Gasteiger partial charge in [0.1, 0.15) is 0 Å². The van der Waals surface area contributed by atoms with Crippen LogP contribution in [-0.2, 0) is 27.5 Å². The normalized spacial score (nSPS) is 23.2. The van der Waals surface area contributed by atoms with Crippen molar-refractivity contribution in [3.8, 4) is 0 Å². The van der Waals surface area contributed by atoms with Crippen molar-refractivity contribution in [2.45, 2.75) is 25.8 Å². The van der Waals surface area contributed by atoms with Crippen LogP contribution < -0.4 is 5.32 Å². The summed E-state index contributed by atoms with van der Waals surface area (Å²) in [4.78, 5) is 3.34. The van der Waals surface area contributed by atoms with Crippen molar-refractivity contribution in [1.82, 2.24) is 10.3 Å². The van der Waals surface area contributed by atoms with Crippen LogP contribution in [0.4, 0.5) is 0 Å². The van der Waals surface area contributed by atoms with Gasteiger partial charge < -0.3 is 10.3 Å². The molecule has 0 aliphatic carbocycles. The first-order chi connectivity index (χ1) is 8.22. The summed E-state index contributed by atoms with van der Waals surface area (Å²) in [6.07, 6.45) is 4.55. The standard InChI is InChI=1S/C15H19N2.W/c1-10-3-4-15-14(6-10)12(9-17-15)7-13-5-11(2)8-16-13;/h3-4,6,9,11,13,16-17H,1,5,7-8H2,2H3;/q-1;+2. The summed E-state index contributed by atoms with van der Waals surface area (Å²) >= 11 is 0. The summed E-state index contributed by atoms with van der Waals surface area (Å²) in [5, 5.41) is 4.93. The third-order valence-corrected chi connectivity index (χ3v) is 3.74. The molecule has 0 amide bonds. The molecule has 1 aliphatic rings. The Labute approximate surface area is 123 Å². The summed E-state index contributed by atoms with van der Waals surface area (Å²) in [6.45, 7) is 7.48. The molecular weight excluding hydrogens is 392 g/mol. The summed E-state index contributed by atoms with van der Waals surface area (Å²) in [5.74, 6) is 0.814. The van der Waals surface area contributed by atoms with Gasteiger partial charge in [0.15, 0.2) is 0 Å². The van der Waals surface area contributed by atoms with Gasteiger partial charge in [-0.2, -0.15) is 24.6 Å². The van der Waals surface area contributed by atoms with Gasteiger partial charge in [-0.25, -0.2) is 0 Å². The zero-order valence-corrected chi connectivity index (χ0v) is 13.6. The van der Waals surface area contributed by atoms with E-state index in [9.17, 15) is 0 Å². The monoisotopic (exact) mass is 411 g/mol. The van der Waals surface area contributed by atoms with Gasteiger partial charge in [-0.15, -0.1) is 0 Å². The van der Waals surface area contributed by atoms with Gasteiger partial charge in [-0.1, -0.05) is 18.4 Å². The SMILES string of the molecule is [CH2-]c1ccc2[nH]cc(CC3CC(C)CN3)c2c1.[W+2]. The largest absolute Gasteiger partial charge is 2.00 e. The first kappa shape index (κ1) is 13.7. The summed E-state index contributed by atoms with van der Waals surface area (Å²) in [6, 6.07) is 6.99. The van der Waals surface area contributed by atoms with Gasteiger partial charge in [0, 0.05) is 17.8 Å². The quantitative estimate of drug-likeness (QED) is 0.732. The number of benzene rings is 1. The van der Waals surface area contributed by atoms with E-state index in [1.807, 2.05) is 0 Å². The third-order valence-electron chi connectivity index (χ3n) is 3.74. The number of rotatable bonds is 2. The Kier molecular flexibility index (Phi) is 4.19. The number of hydrogen-bond acceptors (Lipinski definition) is 1. The van der Waals surface area contributed by atoms with Gasteiger partial charge in [0.05, 0.1) is 0 Å². The Morgan fingerprint density at radius 3 is 2.94 bits per heavy atom. The van der Waals surface area contributed by atoms with Gasteiger partial charge in [0.25, 0.3) is 0 Å². The van der Waals surface area contributed by atoms with E-state index in [1.165, 1.54) is 22.9 Å². The molecule has 2 aromatic rings. The van der Waals surface area contributed by atoms with Crippen LogP contribution in [0.5, 0.6) is 0 Å². The number of hydrogen-bond donors (Lipinski definition) is 2. The smallest absolute Gasteiger partial charge is 0.363 e. The van der Waals surface area contributed by atoms with Crippen LogP contribution in [0.25, 0.3) is 10.9 Å². The fraction of sp³-hybridized carbons (Fsp3) is 0.400. The van der Waals surface area contributed by atoms with E-state index in [4.69, 9.17) is 0 Å². The molecule has 0 saturated carbocycles. The molecule has 94 valence electrons. The third kappa shape index (κ3) is 2.65.